The van der Waals surface area contributed by atoms with E-state index < -0.39 is 27.4 Å². The van der Waals surface area contributed by atoms with Crippen molar-refractivity contribution in [3.63, 3.8) is 0 Å². The summed E-state index contributed by atoms with van der Waals surface area (Å²) < 4.78 is 32.2. The van der Waals surface area contributed by atoms with E-state index in [-0.39, 0.29) is 11.4 Å². The monoisotopic (exact) mass is 337 g/mol. The van der Waals surface area contributed by atoms with Crippen LogP contribution < -0.4 is 0 Å². The molecule has 0 amide bonds. The van der Waals surface area contributed by atoms with Crippen molar-refractivity contribution in [2.45, 2.75) is 38.6 Å². The van der Waals surface area contributed by atoms with Gasteiger partial charge in [-0.3, -0.25) is 0 Å². The molecule has 1 atom stereocenters. The van der Waals surface area contributed by atoms with E-state index in [1.165, 1.54) is 11.4 Å². The number of sulfonamides is 1. The summed E-state index contributed by atoms with van der Waals surface area (Å²) in [5, 5.41) is 0. The summed E-state index contributed by atoms with van der Waals surface area (Å²) in [5.41, 5.74) is 0.954. The molecule has 0 aromatic heterocycles. The Hall–Kier alpha value is -1.66. The number of carbonyl (C=O) groups excluding carboxylic acids is 1. The van der Waals surface area contributed by atoms with Crippen molar-refractivity contribution in [3.05, 3.63) is 41.5 Å². The molecule has 5 nitrogen and oxygen atoms in total. The Morgan fingerprint density at radius 2 is 1.78 bits per heavy atom. The third-order valence-corrected chi connectivity index (χ3v) is 5.79. The number of rotatable bonds is 3. The zero-order chi connectivity index (χ0) is 17.4. The Morgan fingerprint density at radius 1 is 1.22 bits per heavy atom. The number of nitrogens with zero attached hydrogens (tertiary/aromatic N) is 1. The van der Waals surface area contributed by atoms with Gasteiger partial charge in [-0.1, -0.05) is 44.5 Å². The predicted octanol–water partition coefficient (Wildman–Crippen LogP) is 2.51. The van der Waals surface area contributed by atoms with E-state index in [1.54, 1.807) is 30.3 Å². The van der Waals surface area contributed by atoms with E-state index in [9.17, 15) is 13.2 Å². The van der Waals surface area contributed by atoms with Gasteiger partial charge in [-0.25, -0.2) is 13.2 Å². The Kier molecular flexibility index (Phi) is 4.69. The SMILES string of the molecule is COC(=O)C1=CCN(S(=O)(=O)c2ccc(C)cc2)C1C(C)(C)C. The average Bonchev–Trinajstić information content (AvgIpc) is 2.92. The van der Waals surface area contributed by atoms with Gasteiger partial charge in [-0.2, -0.15) is 4.31 Å². The van der Waals surface area contributed by atoms with Crippen LogP contribution in [-0.2, 0) is 19.6 Å². The van der Waals surface area contributed by atoms with Crippen LogP contribution in [0, 0.1) is 12.3 Å². The summed E-state index contributed by atoms with van der Waals surface area (Å²) in [6.45, 7) is 7.82. The maximum Gasteiger partial charge on any atom is 0.335 e. The molecule has 126 valence electrons. The van der Waals surface area contributed by atoms with Gasteiger partial charge in [-0.15, -0.1) is 0 Å². The number of carbonyl (C=O) groups is 1. The van der Waals surface area contributed by atoms with Crippen molar-refractivity contribution < 1.29 is 17.9 Å². The molecule has 1 heterocycles. The first kappa shape index (κ1) is 17.7. The fourth-order valence-electron chi connectivity index (χ4n) is 2.85. The van der Waals surface area contributed by atoms with E-state index in [0.29, 0.717) is 5.57 Å². The van der Waals surface area contributed by atoms with Crippen LogP contribution in [0.3, 0.4) is 0 Å². The minimum atomic E-state index is -3.69. The molecule has 0 saturated heterocycles. The first-order chi connectivity index (χ1) is 10.6. The second kappa shape index (κ2) is 6.09. The number of hydrogen-bond donors (Lipinski definition) is 0. The Bertz CT molecular complexity index is 727. The van der Waals surface area contributed by atoms with E-state index in [0.717, 1.165) is 5.56 Å². The molecule has 0 aliphatic carbocycles. The van der Waals surface area contributed by atoms with E-state index >= 15 is 0 Å². The quantitative estimate of drug-likeness (QED) is 0.795. The van der Waals surface area contributed by atoms with Crippen molar-refractivity contribution in [1.29, 1.82) is 0 Å². The Balaban J connectivity index is 2.46. The maximum absolute atomic E-state index is 13.0. The average molecular weight is 337 g/mol. The van der Waals surface area contributed by atoms with Crippen LogP contribution in [-0.4, -0.2) is 38.4 Å². The second-order valence-corrected chi connectivity index (χ2v) is 8.70. The van der Waals surface area contributed by atoms with Crippen molar-refractivity contribution in [2.24, 2.45) is 5.41 Å². The lowest BCUT2D eigenvalue weighted by Gasteiger charge is -2.35. The molecule has 0 radical (unpaired) electrons. The summed E-state index contributed by atoms with van der Waals surface area (Å²) in [7, 11) is -2.38. The van der Waals surface area contributed by atoms with E-state index in [2.05, 4.69) is 0 Å². The molecule has 0 saturated carbocycles. The van der Waals surface area contributed by atoms with Gasteiger partial charge in [0.25, 0.3) is 0 Å². The van der Waals surface area contributed by atoms with Gasteiger partial charge in [0.1, 0.15) is 0 Å². The lowest BCUT2D eigenvalue weighted by atomic mass is 9.83. The van der Waals surface area contributed by atoms with Crippen LogP contribution >= 0.6 is 0 Å². The molecular formula is C17H23NO4S. The summed E-state index contributed by atoms with van der Waals surface area (Å²) in [6.07, 6.45) is 1.65. The molecule has 0 bridgehead atoms. The highest BCUT2D eigenvalue weighted by Gasteiger charge is 2.45. The lowest BCUT2D eigenvalue weighted by molar-refractivity contribution is -0.136. The first-order valence-electron chi connectivity index (χ1n) is 7.46. The largest absolute Gasteiger partial charge is 0.466 e. The van der Waals surface area contributed by atoms with Crippen LogP contribution in [0.2, 0.25) is 0 Å². The van der Waals surface area contributed by atoms with Crippen molar-refractivity contribution >= 4 is 16.0 Å². The number of methoxy groups -OCH3 is 1. The molecule has 0 N–H and O–H groups in total. The summed E-state index contributed by atoms with van der Waals surface area (Å²) in [4.78, 5) is 12.2. The fraction of sp³-hybridized carbons (Fsp3) is 0.471. The van der Waals surface area contributed by atoms with Crippen LogP contribution in [0.5, 0.6) is 0 Å². The Morgan fingerprint density at radius 3 is 2.26 bits per heavy atom. The minimum absolute atomic E-state index is 0.169. The first-order valence-corrected chi connectivity index (χ1v) is 8.90. The molecule has 1 aromatic carbocycles. The molecule has 2 rings (SSSR count). The molecule has 0 spiro atoms. The van der Waals surface area contributed by atoms with Crippen molar-refractivity contribution in [2.75, 3.05) is 13.7 Å². The molecule has 1 aromatic rings. The molecule has 1 unspecified atom stereocenters. The molecule has 1 aliphatic heterocycles. The third kappa shape index (κ3) is 3.33. The van der Waals surface area contributed by atoms with E-state index in [4.69, 9.17) is 4.74 Å². The normalized spacial score (nSPS) is 19.5. The molecule has 23 heavy (non-hydrogen) atoms. The van der Waals surface area contributed by atoms with Crippen molar-refractivity contribution in [1.82, 2.24) is 4.31 Å². The maximum atomic E-state index is 13.0. The number of benzene rings is 1. The van der Waals surface area contributed by atoms with Gasteiger partial charge in [0.15, 0.2) is 0 Å². The lowest BCUT2D eigenvalue weighted by Crippen LogP contribution is -2.46. The predicted molar refractivity (Wildman–Crippen MR) is 88.4 cm³/mol. The third-order valence-electron chi connectivity index (χ3n) is 3.94. The number of ether oxygens (including phenoxy) is 1. The standard InChI is InChI=1S/C17H23NO4S/c1-12-6-8-13(9-7-12)23(20,21)18-11-10-14(16(19)22-5)15(18)17(2,3)4/h6-10,15H,11H2,1-5H3. The number of esters is 1. The van der Waals surface area contributed by atoms with Crippen LogP contribution in [0.25, 0.3) is 0 Å². The van der Waals surface area contributed by atoms with Gasteiger partial charge in [0.05, 0.1) is 23.6 Å². The van der Waals surface area contributed by atoms with Crippen LogP contribution in [0.15, 0.2) is 40.8 Å². The minimum Gasteiger partial charge on any atom is -0.466 e. The highest BCUT2D eigenvalue weighted by Crippen LogP contribution is 2.37. The van der Waals surface area contributed by atoms with Gasteiger partial charge < -0.3 is 4.74 Å². The highest BCUT2D eigenvalue weighted by atomic mass is 32.2. The molecule has 6 heteroatoms. The van der Waals surface area contributed by atoms with Crippen molar-refractivity contribution in [3.8, 4) is 0 Å². The molecule has 0 fully saturated rings. The topological polar surface area (TPSA) is 63.7 Å². The van der Waals surface area contributed by atoms with Crippen LogP contribution in [0.4, 0.5) is 0 Å². The Labute approximate surface area is 138 Å². The van der Waals surface area contributed by atoms with Gasteiger partial charge >= 0.3 is 5.97 Å². The highest BCUT2D eigenvalue weighted by molar-refractivity contribution is 7.89. The van der Waals surface area contributed by atoms with Gasteiger partial charge in [0, 0.05) is 6.54 Å². The van der Waals surface area contributed by atoms with Gasteiger partial charge in [-0.05, 0) is 24.5 Å². The summed E-state index contributed by atoms with van der Waals surface area (Å²) in [5.74, 6) is -0.480. The smallest absolute Gasteiger partial charge is 0.335 e. The van der Waals surface area contributed by atoms with E-state index in [1.807, 2.05) is 27.7 Å². The second-order valence-electron chi connectivity index (χ2n) is 6.81. The summed E-state index contributed by atoms with van der Waals surface area (Å²) >= 11 is 0. The fourth-order valence-corrected chi connectivity index (χ4v) is 4.58. The number of hydrogen-bond acceptors (Lipinski definition) is 4. The summed E-state index contributed by atoms with van der Waals surface area (Å²) in [6, 6.07) is 6.18. The zero-order valence-corrected chi connectivity index (χ0v) is 15.0. The number of aryl methyl sites for hydroxylation is 1. The van der Waals surface area contributed by atoms with Gasteiger partial charge in [0.2, 0.25) is 10.0 Å². The molecule has 1 aliphatic rings. The zero-order valence-electron chi connectivity index (χ0n) is 14.2. The molecular weight excluding hydrogens is 314 g/mol. The van der Waals surface area contributed by atoms with Crippen LogP contribution in [0.1, 0.15) is 26.3 Å².